The van der Waals surface area contributed by atoms with Gasteiger partial charge in [-0.25, -0.2) is 4.79 Å². The highest BCUT2D eigenvalue weighted by Gasteiger charge is 2.26. The van der Waals surface area contributed by atoms with Crippen molar-refractivity contribution in [2.45, 2.75) is 31.7 Å². The summed E-state index contributed by atoms with van der Waals surface area (Å²) in [5.74, 6) is 0. The Morgan fingerprint density at radius 3 is 2.52 bits per heavy atom. The van der Waals surface area contributed by atoms with E-state index in [-0.39, 0.29) is 12.1 Å². The fourth-order valence-electron chi connectivity index (χ4n) is 3.75. The van der Waals surface area contributed by atoms with Gasteiger partial charge in [-0.15, -0.1) is 0 Å². The van der Waals surface area contributed by atoms with Gasteiger partial charge in [-0.05, 0) is 31.2 Å². The second-order valence-electron chi connectivity index (χ2n) is 7.31. The van der Waals surface area contributed by atoms with Crippen molar-refractivity contribution in [3.8, 4) is 0 Å². The monoisotopic (exact) mass is 375 g/mol. The lowest BCUT2D eigenvalue weighted by atomic mass is 10.1. The van der Waals surface area contributed by atoms with E-state index in [1.54, 1.807) is 0 Å². The van der Waals surface area contributed by atoms with E-state index in [1.807, 2.05) is 11.0 Å². The standard InChI is InChI=1S/C21H33N3O3/c25-21(22-10-4-7-19-5-2-1-3-6-19)24(20-8-15-26-16-9-20)12-11-23-13-17-27-18-14-23/h1-3,5-6,20H,4,7-18H2,(H,22,25). The van der Waals surface area contributed by atoms with Gasteiger partial charge < -0.3 is 19.7 Å². The number of benzene rings is 1. The zero-order chi connectivity index (χ0) is 18.7. The predicted octanol–water partition coefficient (Wildman–Crippen LogP) is 2.14. The number of nitrogens with one attached hydrogen (secondary N) is 1. The van der Waals surface area contributed by atoms with Gasteiger partial charge in [0, 0.05) is 52.0 Å². The van der Waals surface area contributed by atoms with Gasteiger partial charge in [-0.3, -0.25) is 4.90 Å². The van der Waals surface area contributed by atoms with Crippen LogP contribution < -0.4 is 5.32 Å². The molecule has 150 valence electrons. The quantitative estimate of drug-likeness (QED) is 0.708. The maximum atomic E-state index is 12.9. The molecule has 2 aliphatic heterocycles. The number of rotatable bonds is 8. The molecule has 0 atom stereocenters. The van der Waals surface area contributed by atoms with E-state index in [0.717, 1.165) is 78.3 Å². The molecule has 0 aromatic heterocycles. The Bertz CT molecular complexity index is 543. The SMILES string of the molecule is O=C(NCCCc1ccccc1)N(CCN1CCOCC1)C1CCOCC1. The van der Waals surface area contributed by atoms with E-state index in [9.17, 15) is 4.79 Å². The van der Waals surface area contributed by atoms with Crippen molar-refractivity contribution in [2.75, 3.05) is 59.2 Å². The Balaban J connectivity index is 1.45. The molecule has 1 N–H and O–H groups in total. The third-order valence-electron chi connectivity index (χ3n) is 5.41. The molecule has 0 aliphatic carbocycles. The molecule has 6 nitrogen and oxygen atoms in total. The summed E-state index contributed by atoms with van der Waals surface area (Å²) in [4.78, 5) is 17.3. The maximum Gasteiger partial charge on any atom is 0.317 e. The smallest absolute Gasteiger partial charge is 0.317 e. The molecule has 2 fully saturated rings. The van der Waals surface area contributed by atoms with E-state index < -0.39 is 0 Å². The Kier molecular flexibility index (Phi) is 8.39. The third-order valence-corrected chi connectivity index (χ3v) is 5.41. The number of hydrogen-bond acceptors (Lipinski definition) is 4. The van der Waals surface area contributed by atoms with Gasteiger partial charge >= 0.3 is 6.03 Å². The first-order chi connectivity index (χ1) is 13.3. The molecule has 2 aliphatic rings. The minimum atomic E-state index is 0.0724. The zero-order valence-corrected chi connectivity index (χ0v) is 16.3. The van der Waals surface area contributed by atoms with Crippen LogP contribution in [-0.2, 0) is 15.9 Å². The van der Waals surface area contributed by atoms with Crippen LogP contribution in [0.2, 0.25) is 0 Å². The number of nitrogens with zero attached hydrogens (tertiary/aromatic N) is 2. The van der Waals surface area contributed by atoms with E-state index in [0.29, 0.717) is 6.54 Å². The second-order valence-corrected chi connectivity index (χ2v) is 7.31. The Hall–Kier alpha value is -1.63. The molecule has 1 aromatic carbocycles. The zero-order valence-electron chi connectivity index (χ0n) is 16.3. The first-order valence-corrected chi connectivity index (χ1v) is 10.3. The molecule has 3 rings (SSSR count). The van der Waals surface area contributed by atoms with Crippen LogP contribution in [0.5, 0.6) is 0 Å². The molecule has 2 amide bonds. The highest BCUT2D eigenvalue weighted by molar-refractivity contribution is 5.74. The van der Waals surface area contributed by atoms with Crippen molar-refractivity contribution in [3.05, 3.63) is 35.9 Å². The van der Waals surface area contributed by atoms with Crippen molar-refractivity contribution in [1.29, 1.82) is 0 Å². The largest absolute Gasteiger partial charge is 0.381 e. The maximum absolute atomic E-state index is 12.9. The minimum absolute atomic E-state index is 0.0724. The number of aryl methyl sites for hydroxylation is 1. The van der Waals surface area contributed by atoms with Crippen LogP contribution in [-0.4, -0.2) is 81.0 Å². The molecule has 6 heteroatoms. The van der Waals surface area contributed by atoms with Crippen LogP contribution in [0.1, 0.15) is 24.8 Å². The van der Waals surface area contributed by atoms with Crippen LogP contribution in [0.3, 0.4) is 0 Å². The van der Waals surface area contributed by atoms with Gasteiger partial charge in [0.05, 0.1) is 13.2 Å². The van der Waals surface area contributed by atoms with Crippen LogP contribution >= 0.6 is 0 Å². The third kappa shape index (κ3) is 6.79. The lowest BCUT2D eigenvalue weighted by Gasteiger charge is -2.36. The number of hydrogen-bond donors (Lipinski definition) is 1. The summed E-state index contributed by atoms with van der Waals surface area (Å²) in [5.41, 5.74) is 1.32. The summed E-state index contributed by atoms with van der Waals surface area (Å²) in [5, 5.41) is 3.14. The molecule has 27 heavy (non-hydrogen) atoms. The summed E-state index contributed by atoms with van der Waals surface area (Å²) >= 11 is 0. The van der Waals surface area contributed by atoms with Crippen LogP contribution in [0.25, 0.3) is 0 Å². The average molecular weight is 376 g/mol. The summed E-state index contributed by atoms with van der Waals surface area (Å²) < 4.78 is 10.9. The number of urea groups is 1. The van der Waals surface area contributed by atoms with Gasteiger partial charge in [0.25, 0.3) is 0 Å². The average Bonchev–Trinajstić information content (AvgIpc) is 2.74. The van der Waals surface area contributed by atoms with E-state index in [1.165, 1.54) is 5.56 Å². The van der Waals surface area contributed by atoms with Gasteiger partial charge in [0.2, 0.25) is 0 Å². The topological polar surface area (TPSA) is 54.0 Å². The summed E-state index contributed by atoms with van der Waals surface area (Å²) in [6.07, 6.45) is 3.81. The second kappa shape index (κ2) is 11.3. The van der Waals surface area contributed by atoms with Crippen molar-refractivity contribution < 1.29 is 14.3 Å². The van der Waals surface area contributed by atoms with Gasteiger partial charge in [-0.1, -0.05) is 30.3 Å². The highest BCUT2D eigenvalue weighted by Crippen LogP contribution is 2.15. The molecule has 2 heterocycles. The van der Waals surface area contributed by atoms with Crippen LogP contribution in [0, 0.1) is 0 Å². The van der Waals surface area contributed by atoms with Gasteiger partial charge in [0.15, 0.2) is 0 Å². The predicted molar refractivity (Wildman–Crippen MR) is 106 cm³/mol. The summed E-state index contributed by atoms with van der Waals surface area (Å²) in [7, 11) is 0. The fourth-order valence-corrected chi connectivity index (χ4v) is 3.75. The lowest BCUT2D eigenvalue weighted by molar-refractivity contribution is 0.0226. The number of carbonyl (C=O) groups excluding carboxylic acids is 1. The van der Waals surface area contributed by atoms with Crippen molar-refractivity contribution in [3.63, 3.8) is 0 Å². The molecule has 0 unspecified atom stereocenters. The van der Waals surface area contributed by atoms with Crippen LogP contribution in [0.4, 0.5) is 4.79 Å². The van der Waals surface area contributed by atoms with Gasteiger partial charge in [0.1, 0.15) is 0 Å². The molecular formula is C21H33N3O3. The molecule has 0 spiro atoms. The molecular weight excluding hydrogens is 342 g/mol. The Morgan fingerprint density at radius 2 is 1.78 bits per heavy atom. The van der Waals surface area contributed by atoms with Crippen molar-refractivity contribution in [2.24, 2.45) is 0 Å². The lowest BCUT2D eigenvalue weighted by Crippen LogP contribution is -2.51. The molecule has 0 bridgehead atoms. The number of morpholine rings is 1. The van der Waals surface area contributed by atoms with Crippen LogP contribution in [0.15, 0.2) is 30.3 Å². The molecule has 0 radical (unpaired) electrons. The number of amides is 2. The highest BCUT2D eigenvalue weighted by atomic mass is 16.5. The summed E-state index contributed by atoms with van der Waals surface area (Å²) in [6.45, 7) is 7.41. The molecule has 1 aromatic rings. The first kappa shape index (κ1) is 20.1. The van der Waals surface area contributed by atoms with E-state index in [4.69, 9.17) is 9.47 Å². The number of carbonyl (C=O) groups is 1. The first-order valence-electron chi connectivity index (χ1n) is 10.3. The normalized spacial score (nSPS) is 19.0. The van der Waals surface area contributed by atoms with E-state index >= 15 is 0 Å². The van der Waals surface area contributed by atoms with E-state index in [2.05, 4.69) is 34.5 Å². The molecule has 0 saturated carbocycles. The fraction of sp³-hybridized carbons (Fsp3) is 0.667. The minimum Gasteiger partial charge on any atom is -0.381 e. The van der Waals surface area contributed by atoms with Crippen molar-refractivity contribution in [1.82, 2.24) is 15.1 Å². The Morgan fingerprint density at radius 1 is 1.07 bits per heavy atom. The molecule has 2 saturated heterocycles. The summed E-state index contributed by atoms with van der Waals surface area (Å²) in [6, 6.07) is 10.8. The van der Waals surface area contributed by atoms with Gasteiger partial charge in [-0.2, -0.15) is 0 Å². The Labute approximate surface area is 162 Å². The van der Waals surface area contributed by atoms with Crippen molar-refractivity contribution >= 4 is 6.03 Å². The number of ether oxygens (including phenoxy) is 2.